The fraction of sp³-hybridized carbons (Fsp3) is 0.286. The van der Waals surface area contributed by atoms with Crippen LogP contribution in [0.15, 0.2) is 39.9 Å². The number of aliphatic carboxylic acids is 1. The van der Waals surface area contributed by atoms with Crippen molar-refractivity contribution < 1.29 is 14.7 Å². The van der Waals surface area contributed by atoms with Gasteiger partial charge in [0.1, 0.15) is 0 Å². The number of halogens is 1. The zero-order chi connectivity index (χ0) is 14.6. The van der Waals surface area contributed by atoms with Gasteiger partial charge in [-0.05, 0) is 25.5 Å². The van der Waals surface area contributed by atoms with Crippen LogP contribution in [0.5, 0.6) is 0 Å². The van der Waals surface area contributed by atoms with Crippen LogP contribution < -0.4 is 0 Å². The van der Waals surface area contributed by atoms with Gasteiger partial charge in [-0.1, -0.05) is 34.1 Å². The summed E-state index contributed by atoms with van der Waals surface area (Å²) in [5, 5.41) is 8.88. The third-order valence-corrected chi connectivity index (χ3v) is 3.69. The number of likely N-dealkylation sites (N-methyl/N-ethyl adjacent to an activating group) is 1. The molecule has 4 nitrogen and oxygen atoms in total. The summed E-state index contributed by atoms with van der Waals surface area (Å²) in [6, 6.07) is 7.61. The molecule has 1 aromatic carbocycles. The van der Waals surface area contributed by atoms with Crippen molar-refractivity contribution in [2.24, 2.45) is 0 Å². The zero-order valence-electron chi connectivity index (χ0n) is 11.1. The maximum Gasteiger partial charge on any atom is 0.331 e. The van der Waals surface area contributed by atoms with Crippen LogP contribution >= 0.6 is 15.9 Å². The smallest absolute Gasteiger partial charge is 0.331 e. The van der Waals surface area contributed by atoms with Gasteiger partial charge in [0.25, 0.3) is 0 Å². The van der Waals surface area contributed by atoms with E-state index in [1.807, 2.05) is 24.3 Å². The lowest BCUT2D eigenvalue weighted by Crippen LogP contribution is -2.28. The molecule has 0 atom stereocenters. The second kappa shape index (κ2) is 6.52. The van der Waals surface area contributed by atoms with Crippen LogP contribution in [0.25, 0.3) is 0 Å². The summed E-state index contributed by atoms with van der Waals surface area (Å²) in [5.41, 5.74) is 1.30. The summed E-state index contributed by atoms with van der Waals surface area (Å²) in [4.78, 5) is 24.4. The van der Waals surface area contributed by atoms with E-state index in [1.165, 1.54) is 18.7 Å². The van der Waals surface area contributed by atoms with Crippen molar-refractivity contribution in [2.45, 2.75) is 20.4 Å². The van der Waals surface area contributed by atoms with Crippen LogP contribution in [0.4, 0.5) is 0 Å². The second-order valence-electron chi connectivity index (χ2n) is 4.31. The molecule has 1 amide bonds. The molecule has 0 aliphatic heterocycles. The Morgan fingerprint density at radius 3 is 2.32 bits per heavy atom. The summed E-state index contributed by atoms with van der Waals surface area (Å²) in [6.45, 7) is 3.38. The Bertz CT molecular complexity index is 537. The molecule has 1 rings (SSSR count). The number of carboxylic acid groups (broad SMARTS) is 1. The van der Waals surface area contributed by atoms with Gasteiger partial charge in [0.2, 0.25) is 5.91 Å². The highest BCUT2D eigenvalue weighted by Crippen LogP contribution is 2.18. The van der Waals surface area contributed by atoms with Crippen LogP contribution in [0.2, 0.25) is 0 Å². The van der Waals surface area contributed by atoms with E-state index in [0.717, 1.165) is 10.0 Å². The number of rotatable bonds is 4. The minimum Gasteiger partial charge on any atom is -0.478 e. The Kier molecular flexibility index (Phi) is 5.30. The van der Waals surface area contributed by atoms with E-state index < -0.39 is 5.97 Å². The highest BCUT2D eigenvalue weighted by Gasteiger charge is 2.17. The molecule has 0 heterocycles. The van der Waals surface area contributed by atoms with Crippen LogP contribution in [0.3, 0.4) is 0 Å². The average Bonchev–Trinajstić information content (AvgIpc) is 2.38. The molecule has 0 saturated heterocycles. The number of hydrogen-bond acceptors (Lipinski definition) is 2. The van der Waals surface area contributed by atoms with E-state index in [4.69, 9.17) is 5.11 Å². The quantitative estimate of drug-likeness (QED) is 0.866. The molecule has 0 aliphatic rings. The molecule has 0 fully saturated rings. The molecule has 1 N–H and O–H groups in total. The molecule has 0 radical (unpaired) electrons. The first kappa shape index (κ1) is 15.4. The van der Waals surface area contributed by atoms with Crippen LogP contribution in [0.1, 0.15) is 19.4 Å². The number of amides is 1. The molecule has 0 saturated carbocycles. The largest absolute Gasteiger partial charge is 0.478 e. The van der Waals surface area contributed by atoms with E-state index in [-0.39, 0.29) is 17.1 Å². The predicted molar refractivity (Wildman–Crippen MR) is 76.6 cm³/mol. The van der Waals surface area contributed by atoms with Crippen LogP contribution in [-0.4, -0.2) is 28.9 Å². The third-order valence-electron chi connectivity index (χ3n) is 2.92. The van der Waals surface area contributed by atoms with Crippen LogP contribution in [-0.2, 0) is 16.1 Å². The lowest BCUT2D eigenvalue weighted by molar-refractivity contribution is -0.133. The SMILES string of the molecule is CC(C(=O)O)=C(C)C(=O)N(C)Cc1ccccc1Br. The first-order chi connectivity index (χ1) is 8.84. The predicted octanol–water partition coefficient (Wildman–Crippen LogP) is 2.83. The third kappa shape index (κ3) is 3.92. The minimum atomic E-state index is -1.07. The topological polar surface area (TPSA) is 57.6 Å². The molecule has 0 spiro atoms. The first-order valence-corrected chi connectivity index (χ1v) is 6.53. The van der Waals surface area contributed by atoms with Gasteiger partial charge in [0.05, 0.1) is 0 Å². The lowest BCUT2D eigenvalue weighted by Gasteiger charge is -2.19. The number of carbonyl (C=O) groups is 2. The van der Waals surface area contributed by atoms with Gasteiger partial charge in [0, 0.05) is 29.2 Å². The highest BCUT2D eigenvalue weighted by atomic mass is 79.9. The fourth-order valence-electron chi connectivity index (χ4n) is 1.56. The summed E-state index contributed by atoms with van der Waals surface area (Å²) < 4.78 is 0.922. The average molecular weight is 326 g/mol. The number of carbonyl (C=O) groups excluding carboxylic acids is 1. The molecule has 5 heteroatoms. The summed E-state index contributed by atoms with van der Waals surface area (Å²) >= 11 is 3.42. The molecule has 0 aliphatic carbocycles. The fourth-order valence-corrected chi connectivity index (χ4v) is 1.97. The van der Waals surface area contributed by atoms with Gasteiger partial charge in [0.15, 0.2) is 0 Å². The maximum absolute atomic E-state index is 12.1. The number of hydrogen-bond donors (Lipinski definition) is 1. The van der Waals surface area contributed by atoms with Gasteiger partial charge in [-0.25, -0.2) is 4.79 Å². The van der Waals surface area contributed by atoms with Gasteiger partial charge in [-0.3, -0.25) is 4.79 Å². The molecule has 102 valence electrons. The Hall–Kier alpha value is -1.62. The molecule has 1 aromatic rings. The van der Waals surface area contributed by atoms with E-state index in [1.54, 1.807) is 7.05 Å². The Morgan fingerprint density at radius 1 is 1.21 bits per heavy atom. The standard InChI is InChI=1S/C14H16BrNO3/c1-9(10(2)14(18)19)13(17)16(3)8-11-6-4-5-7-12(11)15/h4-7H,8H2,1-3H3,(H,18,19). The summed E-state index contributed by atoms with van der Waals surface area (Å²) in [7, 11) is 1.65. The van der Waals surface area contributed by atoms with Gasteiger partial charge in [-0.2, -0.15) is 0 Å². The molecule has 0 unspecified atom stereocenters. The Balaban J connectivity index is 2.88. The van der Waals surface area contributed by atoms with Crippen molar-refractivity contribution in [1.29, 1.82) is 0 Å². The number of carboxylic acids is 1. The van der Waals surface area contributed by atoms with E-state index in [9.17, 15) is 9.59 Å². The van der Waals surface area contributed by atoms with E-state index in [2.05, 4.69) is 15.9 Å². The number of benzene rings is 1. The molecular weight excluding hydrogens is 310 g/mol. The van der Waals surface area contributed by atoms with Gasteiger partial charge < -0.3 is 10.0 Å². The normalized spacial score (nSPS) is 11.8. The summed E-state index contributed by atoms with van der Waals surface area (Å²) in [5.74, 6) is -1.35. The van der Waals surface area contributed by atoms with E-state index in [0.29, 0.717) is 6.54 Å². The van der Waals surface area contributed by atoms with Crippen molar-refractivity contribution in [1.82, 2.24) is 4.90 Å². The number of nitrogens with zero attached hydrogens (tertiary/aromatic N) is 1. The summed E-state index contributed by atoms with van der Waals surface area (Å²) in [6.07, 6.45) is 0. The second-order valence-corrected chi connectivity index (χ2v) is 5.16. The van der Waals surface area contributed by atoms with E-state index >= 15 is 0 Å². The Labute approximate surface area is 120 Å². The van der Waals surface area contributed by atoms with Gasteiger partial charge in [-0.15, -0.1) is 0 Å². The highest BCUT2D eigenvalue weighted by molar-refractivity contribution is 9.10. The van der Waals surface area contributed by atoms with Crippen LogP contribution in [0, 0.1) is 0 Å². The van der Waals surface area contributed by atoms with Crippen molar-refractivity contribution in [3.63, 3.8) is 0 Å². The first-order valence-electron chi connectivity index (χ1n) is 5.74. The molecular formula is C14H16BrNO3. The Morgan fingerprint density at radius 2 is 1.79 bits per heavy atom. The maximum atomic E-state index is 12.1. The molecule has 0 aromatic heterocycles. The van der Waals surface area contributed by atoms with Crippen molar-refractivity contribution in [2.75, 3.05) is 7.05 Å². The van der Waals surface area contributed by atoms with Crippen molar-refractivity contribution >= 4 is 27.8 Å². The van der Waals surface area contributed by atoms with Crippen molar-refractivity contribution in [3.05, 3.63) is 45.4 Å². The minimum absolute atomic E-state index is 0.0731. The van der Waals surface area contributed by atoms with Gasteiger partial charge >= 0.3 is 5.97 Å². The monoisotopic (exact) mass is 325 g/mol. The van der Waals surface area contributed by atoms with Crippen molar-refractivity contribution in [3.8, 4) is 0 Å². The molecule has 0 bridgehead atoms. The zero-order valence-corrected chi connectivity index (χ0v) is 12.7. The lowest BCUT2D eigenvalue weighted by atomic mass is 10.1. The molecule has 19 heavy (non-hydrogen) atoms.